The van der Waals surface area contributed by atoms with E-state index in [9.17, 15) is 9.59 Å². The SMILES string of the molecule is CC(C)C(C)NC(=O)C1CCN(C(=O)Cc2cccc3ccccc23)CC1. The van der Waals surface area contributed by atoms with Crippen LogP contribution in [-0.4, -0.2) is 35.8 Å². The molecule has 1 N–H and O–H groups in total. The number of amides is 2. The number of hydrogen-bond acceptors (Lipinski definition) is 2. The second-order valence-corrected chi connectivity index (χ2v) is 8.01. The first-order valence-electron chi connectivity index (χ1n) is 10.0. The molecule has 2 amide bonds. The van der Waals surface area contributed by atoms with Gasteiger partial charge in [-0.1, -0.05) is 56.3 Å². The Labute approximate surface area is 161 Å². The monoisotopic (exact) mass is 366 g/mol. The van der Waals surface area contributed by atoms with Crippen molar-refractivity contribution in [1.82, 2.24) is 10.2 Å². The summed E-state index contributed by atoms with van der Waals surface area (Å²) in [5.74, 6) is 0.738. The van der Waals surface area contributed by atoms with Gasteiger partial charge in [-0.15, -0.1) is 0 Å². The van der Waals surface area contributed by atoms with Crippen LogP contribution in [0.1, 0.15) is 39.2 Å². The van der Waals surface area contributed by atoms with Crippen molar-refractivity contribution in [2.75, 3.05) is 13.1 Å². The fraction of sp³-hybridized carbons (Fsp3) is 0.478. The predicted molar refractivity (Wildman–Crippen MR) is 109 cm³/mol. The predicted octanol–water partition coefficient (Wildman–Crippen LogP) is 3.78. The second-order valence-electron chi connectivity index (χ2n) is 8.01. The molecule has 2 aromatic rings. The van der Waals surface area contributed by atoms with Gasteiger partial charge in [-0.2, -0.15) is 0 Å². The number of likely N-dealkylation sites (tertiary alicyclic amines) is 1. The van der Waals surface area contributed by atoms with E-state index < -0.39 is 0 Å². The summed E-state index contributed by atoms with van der Waals surface area (Å²) >= 11 is 0. The normalized spacial score (nSPS) is 16.5. The van der Waals surface area contributed by atoms with E-state index in [-0.39, 0.29) is 23.8 Å². The smallest absolute Gasteiger partial charge is 0.227 e. The number of nitrogens with zero attached hydrogens (tertiary/aromatic N) is 1. The van der Waals surface area contributed by atoms with Gasteiger partial charge in [0.25, 0.3) is 0 Å². The molecule has 0 aliphatic carbocycles. The van der Waals surface area contributed by atoms with Crippen LogP contribution in [0.4, 0.5) is 0 Å². The van der Waals surface area contributed by atoms with Gasteiger partial charge >= 0.3 is 0 Å². The molecule has 1 saturated heterocycles. The highest BCUT2D eigenvalue weighted by Crippen LogP contribution is 2.22. The van der Waals surface area contributed by atoms with Crippen LogP contribution in [0.3, 0.4) is 0 Å². The Bertz CT molecular complexity index is 802. The molecule has 4 heteroatoms. The zero-order valence-corrected chi connectivity index (χ0v) is 16.6. The Balaban J connectivity index is 1.56. The van der Waals surface area contributed by atoms with Crippen LogP contribution in [0.25, 0.3) is 10.8 Å². The maximum absolute atomic E-state index is 12.8. The highest BCUT2D eigenvalue weighted by Gasteiger charge is 2.28. The molecule has 4 nitrogen and oxygen atoms in total. The molecule has 1 fully saturated rings. The fourth-order valence-corrected chi connectivity index (χ4v) is 3.62. The second kappa shape index (κ2) is 8.55. The van der Waals surface area contributed by atoms with Gasteiger partial charge in [0.1, 0.15) is 0 Å². The number of fused-ring (bicyclic) bond motifs is 1. The summed E-state index contributed by atoms with van der Waals surface area (Å²) in [5.41, 5.74) is 1.07. The highest BCUT2D eigenvalue weighted by atomic mass is 16.2. The molecular weight excluding hydrogens is 336 g/mol. The lowest BCUT2D eigenvalue weighted by Gasteiger charge is -2.32. The summed E-state index contributed by atoms with van der Waals surface area (Å²) < 4.78 is 0. The molecule has 0 saturated carbocycles. The molecule has 1 aliphatic rings. The van der Waals surface area contributed by atoms with E-state index in [0.29, 0.717) is 25.4 Å². The Morgan fingerprint density at radius 2 is 1.70 bits per heavy atom. The lowest BCUT2D eigenvalue weighted by molar-refractivity contribution is -0.135. The number of benzene rings is 2. The van der Waals surface area contributed by atoms with E-state index in [1.54, 1.807) is 0 Å². The Morgan fingerprint density at radius 3 is 2.41 bits per heavy atom. The summed E-state index contributed by atoms with van der Waals surface area (Å²) in [4.78, 5) is 27.1. The summed E-state index contributed by atoms with van der Waals surface area (Å²) in [5, 5.41) is 5.42. The first-order chi connectivity index (χ1) is 13.0. The number of carbonyl (C=O) groups excluding carboxylic acids is 2. The zero-order chi connectivity index (χ0) is 19.4. The minimum atomic E-state index is 0.0211. The van der Waals surface area contributed by atoms with Crippen molar-refractivity contribution in [3.8, 4) is 0 Å². The lowest BCUT2D eigenvalue weighted by atomic mass is 9.94. The van der Waals surface area contributed by atoms with Crippen LogP contribution in [0.15, 0.2) is 42.5 Å². The Kier molecular flexibility index (Phi) is 6.15. The van der Waals surface area contributed by atoms with E-state index in [4.69, 9.17) is 0 Å². The zero-order valence-electron chi connectivity index (χ0n) is 16.6. The van der Waals surface area contributed by atoms with Gasteiger partial charge in [0.05, 0.1) is 6.42 Å². The van der Waals surface area contributed by atoms with Gasteiger partial charge in [-0.05, 0) is 42.0 Å². The van der Waals surface area contributed by atoms with Crippen molar-refractivity contribution in [3.63, 3.8) is 0 Å². The van der Waals surface area contributed by atoms with Crippen LogP contribution in [0.2, 0.25) is 0 Å². The van der Waals surface area contributed by atoms with E-state index in [0.717, 1.165) is 29.2 Å². The summed E-state index contributed by atoms with van der Waals surface area (Å²) in [6.45, 7) is 7.60. The van der Waals surface area contributed by atoms with Crippen molar-refractivity contribution < 1.29 is 9.59 Å². The Hall–Kier alpha value is -2.36. The van der Waals surface area contributed by atoms with Crippen LogP contribution < -0.4 is 5.32 Å². The highest BCUT2D eigenvalue weighted by molar-refractivity contribution is 5.90. The first kappa shape index (κ1) is 19.4. The molecule has 0 aromatic heterocycles. The van der Waals surface area contributed by atoms with Gasteiger partial charge in [-0.25, -0.2) is 0 Å². The number of piperidine rings is 1. The quantitative estimate of drug-likeness (QED) is 0.875. The van der Waals surface area contributed by atoms with E-state index >= 15 is 0 Å². The molecule has 0 bridgehead atoms. The average Bonchev–Trinajstić information content (AvgIpc) is 2.68. The number of rotatable bonds is 5. The van der Waals surface area contributed by atoms with Gasteiger partial charge in [0.15, 0.2) is 0 Å². The molecule has 1 atom stereocenters. The van der Waals surface area contributed by atoms with Crippen molar-refractivity contribution in [1.29, 1.82) is 0 Å². The molecule has 1 unspecified atom stereocenters. The minimum absolute atomic E-state index is 0.0211. The molecular formula is C23H30N2O2. The van der Waals surface area contributed by atoms with Gasteiger partial charge in [-0.3, -0.25) is 9.59 Å². The van der Waals surface area contributed by atoms with E-state index in [1.807, 2.05) is 36.1 Å². The standard InChI is InChI=1S/C23H30N2O2/c1-16(2)17(3)24-23(27)19-11-13-25(14-12-19)22(26)15-20-9-6-8-18-7-4-5-10-21(18)20/h4-10,16-17,19H,11-15H2,1-3H3,(H,24,27). The molecule has 0 radical (unpaired) electrons. The van der Waals surface area contributed by atoms with E-state index in [1.165, 1.54) is 0 Å². The van der Waals surface area contributed by atoms with Crippen LogP contribution in [0, 0.1) is 11.8 Å². The van der Waals surface area contributed by atoms with Gasteiger partial charge in [0, 0.05) is 25.0 Å². The van der Waals surface area contributed by atoms with Crippen molar-refractivity contribution in [3.05, 3.63) is 48.0 Å². The van der Waals surface area contributed by atoms with E-state index in [2.05, 4.69) is 37.4 Å². The number of nitrogens with one attached hydrogen (secondary N) is 1. The number of hydrogen-bond donors (Lipinski definition) is 1. The van der Waals surface area contributed by atoms with Crippen LogP contribution >= 0.6 is 0 Å². The summed E-state index contributed by atoms with van der Waals surface area (Å²) in [6, 6.07) is 14.5. The van der Waals surface area contributed by atoms with Gasteiger partial charge < -0.3 is 10.2 Å². The van der Waals surface area contributed by atoms with Crippen molar-refractivity contribution in [2.45, 2.75) is 46.1 Å². The Morgan fingerprint density at radius 1 is 1.04 bits per heavy atom. The topological polar surface area (TPSA) is 49.4 Å². The summed E-state index contributed by atoms with van der Waals surface area (Å²) in [6.07, 6.45) is 1.92. The lowest BCUT2D eigenvalue weighted by Crippen LogP contribution is -2.46. The largest absolute Gasteiger partial charge is 0.353 e. The molecule has 3 rings (SSSR count). The molecule has 0 spiro atoms. The molecule has 144 valence electrons. The maximum atomic E-state index is 12.8. The number of carbonyl (C=O) groups is 2. The third-order valence-electron chi connectivity index (χ3n) is 5.81. The third kappa shape index (κ3) is 4.68. The average molecular weight is 367 g/mol. The van der Waals surface area contributed by atoms with Crippen LogP contribution in [-0.2, 0) is 16.0 Å². The van der Waals surface area contributed by atoms with Gasteiger partial charge in [0.2, 0.25) is 11.8 Å². The maximum Gasteiger partial charge on any atom is 0.227 e. The minimum Gasteiger partial charge on any atom is -0.353 e. The fourth-order valence-electron chi connectivity index (χ4n) is 3.62. The van der Waals surface area contributed by atoms with Crippen molar-refractivity contribution >= 4 is 22.6 Å². The van der Waals surface area contributed by atoms with Crippen molar-refractivity contribution in [2.24, 2.45) is 11.8 Å². The van der Waals surface area contributed by atoms with Crippen LogP contribution in [0.5, 0.6) is 0 Å². The molecule has 27 heavy (non-hydrogen) atoms. The molecule has 1 aliphatic heterocycles. The molecule has 2 aromatic carbocycles. The third-order valence-corrected chi connectivity index (χ3v) is 5.81. The summed E-state index contributed by atoms with van der Waals surface area (Å²) in [7, 11) is 0. The molecule has 1 heterocycles. The first-order valence-corrected chi connectivity index (χ1v) is 10.0.